The van der Waals surface area contributed by atoms with Gasteiger partial charge in [-0.3, -0.25) is 9.78 Å². The van der Waals surface area contributed by atoms with Crippen LogP contribution in [0, 0.1) is 6.92 Å². The number of carbonyl (C=O) groups excluding carboxylic acids is 1. The predicted molar refractivity (Wildman–Crippen MR) is 119 cm³/mol. The summed E-state index contributed by atoms with van der Waals surface area (Å²) >= 11 is 0. The Morgan fingerprint density at radius 1 is 1.03 bits per heavy atom. The molecule has 160 valence electrons. The number of carbonyl (C=O) groups is 1. The normalized spacial score (nSPS) is 11.7. The van der Waals surface area contributed by atoms with Crippen LogP contribution in [0.4, 0.5) is 0 Å². The predicted octanol–water partition coefficient (Wildman–Crippen LogP) is 1.74. The fourth-order valence-electron chi connectivity index (χ4n) is 3.23. The van der Waals surface area contributed by atoms with Crippen LogP contribution in [0.25, 0.3) is 0 Å². The zero-order chi connectivity index (χ0) is 22.2. The van der Waals surface area contributed by atoms with Gasteiger partial charge in [-0.1, -0.05) is 36.4 Å². The van der Waals surface area contributed by atoms with Gasteiger partial charge in [0.2, 0.25) is 0 Å². The highest BCUT2D eigenvalue weighted by Crippen LogP contribution is 2.23. The lowest BCUT2D eigenvalue weighted by atomic mass is 9.75. The molecule has 0 saturated heterocycles. The zero-order valence-electron chi connectivity index (χ0n) is 17.3. The van der Waals surface area contributed by atoms with E-state index >= 15 is 0 Å². The molecule has 7 nitrogen and oxygen atoms in total. The van der Waals surface area contributed by atoms with Gasteiger partial charge in [-0.25, -0.2) is 0 Å². The number of nitrogens with one attached hydrogen (secondary N) is 2. The fraction of sp³-hybridized carbons (Fsp3) is 0.217. The number of aromatic nitrogens is 1. The van der Waals surface area contributed by atoms with E-state index < -0.39 is 19.0 Å². The Kier molecular flexibility index (Phi) is 7.78. The molecular formula is C23H26BN3O4. The molecule has 3 rings (SSSR count). The number of nitrogens with zero attached hydrogens (tertiary/aromatic N) is 1. The first-order chi connectivity index (χ1) is 14.9. The second-order valence-electron chi connectivity index (χ2n) is 7.44. The molecule has 2 aromatic carbocycles. The van der Waals surface area contributed by atoms with Gasteiger partial charge in [0.05, 0.1) is 5.94 Å². The summed E-state index contributed by atoms with van der Waals surface area (Å²) in [5.74, 6) is -1.29. The summed E-state index contributed by atoms with van der Waals surface area (Å²) < 4.78 is 0. The van der Waals surface area contributed by atoms with Gasteiger partial charge in [-0.05, 0) is 53.8 Å². The molecular weight excluding hydrogens is 393 g/mol. The number of phenolic OH excluding ortho intramolecular Hbond substituents is 1. The van der Waals surface area contributed by atoms with Gasteiger partial charge in [0.1, 0.15) is 5.75 Å². The molecule has 0 fully saturated rings. The Bertz CT molecular complexity index is 997. The highest BCUT2D eigenvalue weighted by Gasteiger charge is 2.27. The topological polar surface area (TPSA) is 115 Å². The third kappa shape index (κ3) is 6.39. The minimum Gasteiger partial charge on any atom is -0.507 e. The maximum Gasteiger partial charge on any atom is 0.475 e. The Balaban J connectivity index is 1.57. The van der Waals surface area contributed by atoms with Crippen LogP contribution >= 0.6 is 0 Å². The summed E-state index contributed by atoms with van der Waals surface area (Å²) in [7, 11) is -1.76. The van der Waals surface area contributed by atoms with Crippen LogP contribution in [-0.4, -0.2) is 39.1 Å². The zero-order valence-corrected chi connectivity index (χ0v) is 17.3. The van der Waals surface area contributed by atoms with Crippen LogP contribution in [0.3, 0.4) is 0 Å². The molecule has 1 atom stereocenters. The summed E-state index contributed by atoms with van der Waals surface area (Å²) in [5.41, 5.74) is 3.74. The molecule has 0 aliphatic heterocycles. The molecule has 0 unspecified atom stereocenters. The van der Waals surface area contributed by atoms with Crippen molar-refractivity contribution in [3.63, 3.8) is 0 Å². The molecule has 0 spiro atoms. The Hall–Kier alpha value is -3.20. The third-order valence-corrected chi connectivity index (χ3v) is 5.03. The van der Waals surface area contributed by atoms with E-state index in [0.29, 0.717) is 29.8 Å². The maximum absolute atomic E-state index is 12.6. The van der Waals surface area contributed by atoms with Crippen molar-refractivity contribution < 1.29 is 19.9 Å². The van der Waals surface area contributed by atoms with E-state index in [4.69, 9.17) is 0 Å². The van der Waals surface area contributed by atoms with Crippen molar-refractivity contribution in [3.05, 3.63) is 94.8 Å². The van der Waals surface area contributed by atoms with Crippen molar-refractivity contribution >= 4 is 13.0 Å². The molecule has 0 aliphatic carbocycles. The molecule has 0 aliphatic rings. The Labute approximate surface area is 181 Å². The molecule has 1 amide bonds. The number of phenols is 1. The number of hydrogen-bond donors (Lipinski definition) is 5. The number of aryl methyl sites for hydroxylation is 1. The Morgan fingerprint density at radius 3 is 2.45 bits per heavy atom. The Morgan fingerprint density at radius 2 is 1.77 bits per heavy atom. The van der Waals surface area contributed by atoms with Crippen molar-refractivity contribution in [2.75, 3.05) is 0 Å². The average molecular weight is 419 g/mol. The van der Waals surface area contributed by atoms with E-state index in [9.17, 15) is 19.9 Å². The lowest BCUT2D eigenvalue weighted by Crippen LogP contribution is -2.47. The number of pyridine rings is 1. The van der Waals surface area contributed by atoms with Gasteiger partial charge in [0.15, 0.2) is 0 Å². The molecule has 0 bridgehead atoms. The number of rotatable bonds is 9. The molecule has 1 aromatic heterocycles. The van der Waals surface area contributed by atoms with E-state index in [2.05, 4.69) is 15.6 Å². The average Bonchev–Trinajstić information content (AvgIpc) is 2.77. The summed E-state index contributed by atoms with van der Waals surface area (Å²) in [6.45, 7) is 3.09. The van der Waals surface area contributed by atoms with Gasteiger partial charge >= 0.3 is 7.12 Å². The standard InChI is InChI=1S/C23H26BN3O4/c1-16-4-2-6-20(22(16)28)12-21(24(30)31)27-23(29)19-9-7-17(8-10-19)13-26-15-18-5-3-11-25-14-18/h2-11,14,21,26,28,30-31H,12-13,15H2,1H3,(H,27,29)/t21-/m0/s1. The third-order valence-electron chi connectivity index (χ3n) is 5.03. The molecule has 0 saturated carbocycles. The fourth-order valence-corrected chi connectivity index (χ4v) is 3.23. The molecule has 1 heterocycles. The lowest BCUT2D eigenvalue weighted by Gasteiger charge is -2.19. The van der Waals surface area contributed by atoms with Crippen molar-refractivity contribution in [2.45, 2.75) is 32.4 Å². The first kappa shape index (κ1) is 22.5. The van der Waals surface area contributed by atoms with Gasteiger partial charge in [-0.15, -0.1) is 0 Å². The van der Waals surface area contributed by atoms with Crippen LogP contribution in [0.2, 0.25) is 0 Å². The van der Waals surface area contributed by atoms with Gasteiger partial charge in [0.25, 0.3) is 5.91 Å². The van der Waals surface area contributed by atoms with Gasteiger partial charge in [-0.2, -0.15) is 0 Å². The highest BCUT2D eigenvalue weighted by atomic mass is 16.4. The first-order valence-electron chi connectivity index (χ1n) is 10.1. The minimum absolute atomic E-state index is 0.0885. The first-order valence-corrected chi connectivity index (χ1v) is 10.1. The van der Waals surface area contributed by atoms with E-state index in [-0.39, 0.29) is 12.2 Å². The molecule has 0 radical (unpaired) electrons. The SMILES string of the molecule is Cc1cccc(C[C@H](NC(=O)c2ccc(CNCc3cccnc3)cc2)B(O)O)c1O. The summed E-state index contributed by atoms with van der Waals surface area (Å²) in [6.07, 6.45) is 3.63. The van der Waals surface area contributed by atoms with Crippen molar-refractivity contribution in [1.29, 1.82) is 0 Å². The second kappa shape index (κ2) is 10.7. The molecule has 5 N–H and O–H groups in total. The number of hydrogen-bond acceptors (Lipinski definition) is 6. The smallest absolute Gasteiger partial charge is 0.475 e. The van der Waals surface area contributed by atoms with Crippen molar-refractivity contribution in [3.8, 4) is 5.75 Å². The van der Waals surface area contributed by atoms with Gasteiger partial charge < -0.3 is 25.8 Å². The second-order valence-corrected chi connectivity index (χ2v) is 7.44. The number of benzene rings is 2. The summed E-state index contributed by atoms with van der Waals surface area (Å²) in [5, 5.41) is 35.6. The van der Waals surface area contributed by atoms with Crippen LogP contribution in [-0.2, 0) is 19.5 Å². The van der Waals surface area contributed by atoms with Crippen LogP contribution in [0.15, 0.2) is 67.0 Å². The quantitative estimate of drug-likeness (QED) is 0.338. The van der Waals surface area contributed by atoms with E-state index in [1.54, 1.807) is 43.5 Å². The maximum atomic E-state index is 12.6. The largest absolute Gasteiger partial charge is 0.507 e. The molecule has 8 heteroatoms. The minimum atomic E-state index is -1.76. The highest BCUT2D eigenvalue weighted by molar-refractivity contribution is 6.43. The van der Waals surface area contributed by atoms with E-state index in [0.717, 1.165) is 11.1 Å². The lowest BCUT2D eigenvalue weighted by molar-refractivity contribution is 0.0942. The number of amides is 1. The number of para-hydroxylation sites is 1. The summed E-state index contributed by atoms with van der Waals surface area (Å²) in [4.78, 5) is 16.7. The van der Waals surface area contributed by atoms with Crippen molar-refractivity contribution in [1.82, 2.24) is 15.6 Å². The molecule has 31 heavy (non-hydrogen) atoms. The van der Waals surface area contributed by atoms with Crippen LogP contribution in [0.1, 0.15) is 32.6 Å². The van der Waals surface area contributed by atoms with Gasteiger partial charge in [0, 0.05) is 31.0 Å². The summed E-state index contributed by atoms with van der Waals surface area (Å²) in [6, 6.07) is 16.2. The van der Waals surface area contributed by atoms with E-state index in [1.165, 1.54) is 0 Å². The van der Waals surface area contributed by atoms with Crippen LogP contribution in [0.5, 0.6) is 5.75 Å². The number of aromatic hydroxyl groups is 1. The molecule has 3 aromatic rings. The van der Waals surface area contributed by atoms with Crippen molar-refractivity contribution in [2.24, 2.45) is 0 Å². The van der Waals surface area contributed by atoms with E-state index in [1.807, 2.05) is 30.5 Å². The monoisotopic (exact) mass is 419 g/mol. The van der Waals surface area contributed by atoms with Crippen LogP contribution < -0.4 is 10.6 Å².